The van der Waals surface area contributed by atoms with Crippen LogP contribution in [-0.4, -0.2) is 12.1 Å². The fourth-order valence-corrected chi connectivity index (χ4v) is 7.48. The molecule has 0 N–H and O–H groups in total. The zero-order valence-electron chi connectivity index (χ0n) is 18.0. The number of rotatable bonds is 2. The molecule has 0 radical (unpaired) electrons. The van der Waals surface area contributed by atoms with Gasteiger partial charge in [-0.1, -0.05) is 49.8 Å². The van der Waals surface area contributed by atoms with E-state index in [1.165, 1.54) is 44.1 Å². The lowest BCUT2D eigenvalue weighted by molar-refractivity contribution is -0.0337. The second-order valence-corrected chi connectivity index (χ2v) is 10.5. The van der Waals surface area contributed by atoms with Crippen LogP contribution in [0.5, 0.6) is 0 Å². The molecular formula is C27H34O2. The van der Waals surface area contributed by atoms with Gasteiger partial charge in [0.25, 0.3) is 0 Å². The summed E-state index contributed by atoms with van der Waals surface area (Å²) in [6, 6.07) is 9.38. The highest BCUT2D eigenvalue weighted by Crippen LogP contribution is 2.66. The van der Waals surface area contributed by atoms with Crippen LogP contribution in [0.3, 0.4) is 0 Å². The summed E-state index contributed by atoms with van der Waals surface area (Å²) in [7, 11) is 0. The number of allylic oxidation sites excluding steroid dienone is 2. The van der Waals surface area contributed by atoms with Crippen molar-refractivity contribution >= 4 is 5.97 Å². The second kappa shape index (κ2) is 6.86. The van der Waals surface area contributed by atoms with Crippen molar-refractivity contribution in [3.63, 3.8) is 0 Å². The van der Waals surface area contributed by atoms with Crippen LogP contribution in [0.1, 0.15) is 75.6 Å². The SMILES string of the molecule is C=C1CC[C@H]2[C@@H]3CCC4=CC(OC(=O)c5ccccc5)CC[C@]4(C)[C@@H]3CC[C@]12C. The first-order chi connectivity index (χ1) is 13.9. The lowest BCUT2D eigenvalue weighted by atomic mass is 9.47. The van der Waals surface area contributed by atoms with Gasteiger partial charge >= 0.3 is 5.97 Å². The van der Waals surface area contributed by atoms with Crippen molar-refractivity contribution in [2.75, 3.05) is 0 Å². The summed E-state index contributed by atoms with van der Waals surface area (Å²) < 4.78 is 5.88. The van der Waals surface area contributed by atoms with E-state index in [0.29, 0.717) is 16.4 Å². The van der Waals surface area contributed by atoms with Crippen molar-refractivity contribution in [3.05, 3.63) is 59.7 Å². The number of hydrogen-bond donors (Lipinski definition) is 0. The fourth-order valence-electron chi connectivity index (χ4n) is 7.48. The third-order valence-corrected chi connectivity index (χ3v) is 9.29. The minimum atomic E-state index is -0.192. The number of esters is 1. The van der Waals surface area contributed by atoms with Crippen LogP contribution in [0.15, 0.2) is 54.1 Å². The largest absolute Gasteiger partial charge is 0.455 e. The molecule has 4 aliphatic carbocycles. The maximum atomic E-state index is 12.5. The number of benzene rings is 1. The highest BCUT2D eigenvalue weighted by Gasteiger charge is 2.57. The summed E-state index contributed by atoms with van der Waals surface area (Å²) in [6.07, 6.45) is 12.1. The van der Waals surface area contributed by atoms with Gasteiger partial charge in [-0.2, -0.15) is 0 Å². The number of carbonyl (C=O) groups is 1. The highest BCUT2D eigenvalue weighted by atomic mass is 16.5. The van der Waals surface area contributed by atoms with Crippen molar-refractivity contribution in [1.29, 1.82) is 0 Å². The first kappa shape index (κ1) is 19.2. The van der Waals surface area contributed by atoms with Gasteiger partial charge in [0.15, 0.2) is 0 Å². The lowest BCUT2D eigenvalue weighted by Gasteiger charge is -2.58. The molecule has 3 fully saturated rings. The predicted molar refractivity (Wildman–Crippen MR) is 116 cm³/mol. The third-order valence-electron chi connectivity index (χ3n) is 9.29. The zero-order chi connectivity index (χ0) is 20.2. The van der Waals surface area contributed by atoms with E-state index in [-0.39, 0.29) is 12.1 Å². The maximum Gasteiger partial charge on any atom is 0.338 e. The van der Waals surface area contributed by atoms with E-state index in [0.717, 1.165) is 30.6 Å². The summed E-state index contributed by atoms with van der Waals surface area (Å²) >= 11 is 0. The van der Waals surface area contributed by atoms with E-state index in [4.69, 9.17) is 4.74 Å². The molecule has 6 atom stereocenters. The molecule has 2 heteroatoms. The number of hydrogen-bond acceptors (Lipinski definition) is 2. The molecule has 1 aromatic carbocycles. The van der Waals surface area contributed by atoms with Gasteiger partial charge in [-0.3, -0.25) is 0 Å². The smallest absolute Gasteiger partial charge is 0.338 e. The van der Waals surface area contributed by atoms with E-state index in [9.17, 15) is 4.79 Å². The molecule has 0 aliphatic heterocycles. The first-order valence-electron chi connectivity index (χ1n) is 11.6. The molecule has 154 valence electrons. The number of carbonyl (C=O) groups excluding carboxylic acids is 1. The molecule has 5 rings (SSSR count). The molecule has 2 nitrogen and oxygen atoms in total. The second-order valence-electron chi connectivity index (χ2n) is 10.5. The Morgan fingerprint density at radius 1 is 0.966 bits per heavy atom. The Balaban J connectivity index is 1.35. The average molecular weight is 391 g/mol. The van der Waals surface area contributed by atoms with Crippen LogP contribution in [0.4, 0.5) is 0 Å². The topological polar surface area (TPSA) is 26.3 Å². The van der Waals surface area contributed by atoms with E-state index >= 15 is 0 Å². The van der Waals surface area contributed by atoms with Crippen molar-refractivity contribution in [1.82, 2.24) is 0 Å². The Morgan fingerprint density at radius 3 is 2.48 bits per heavy atom. The third kappa shape index (κ3) is 2.94. The molecule has 0 bridgehead atoms. The summed E-state index contributed by atoms with van der Waals surface area (Å²) in [5.41, 5.74) is 4.42. The molecule has 0 saturated heterocycles. The van der Waals surface area contributed by atoms with Crippen LogP contribution < -0.4 is 0 Å². The molecular weight excluding hydrogens is 356 g/mol. The van der Waals surface area contributed by atoms with E-state index < -0.39 is 0 Å². The summed E-state index contributed by atoms with van der Waals surface area (Å²) in [4.78, 5) is 12.5. The molecule has 1 aromatic rings. The standard InChI is InChI=1S/C27H34O2/c1-18-9-12-23-22-11-10-20-17-21(29-25(28)19-7-5-4-6-8-19)13-15-27(20,3)24(22)14-16-26(18,23)2/h4-8,17,21-24H,1,9-16H2,2-3H3/t21?,22-,23-,24+,26+,27-/m0/s1. The van der Waals surface area contributed by atoms with Crippen molar-refractivity contribution in [3.8, 4) is 0 Å². The summed E-state index contributed by atoms with van der Waals surface area (Å²) in [5, 5.41) is 0. The minimum absolute atomic E-state index is 0.0672. The molecule has 0 amide bonds. The van der Waals surface area contributed by atoms with Crippen LogP contribution in [0.2, 0.25) is 0 Å². The van der Waals surface area contributed by atoms with Crippen molar-refractivity contribution in [2.24, 2.45) is 28.6 Å². The molecule has 4 aliphatic rings. The van der Waals surface area contributed by atoms with Gasteiger partial charge in [-0.05, 0) is 98.2 Å². The average Bonchev–Trinajstić information content (AvgIpc) is 3.03. The van der Waals surface area contributed by atoms with Crippen molar-refractivity contribution in [2.45, 2.75) is 71.3 Å². The van der Waals surface area contributed by atoms with Gasteiger partial charge < -0.3 is 4.74 Å². The number of fused-ring (bicyclic) bond motifs is 5. The monoisotopic (exact) mass is 390 g/mol. The lowest BCUT2D eigenvalue weighted by Crippen LogP contribution is -2.50. The van der Waals surface area contributed by atoms with Crippen LogP contribution in [-0.2, 0) is 4.74 Å². The maximum absolute atomic E-state index is 12.5. The van der Waals surface area contributed by atoms with Crippen LogP contribution in [0.25, 0.3) is 0 Å². The van der Waals surface area contributed by atoms with E-state index in [2.05, 4.69) is 26.5 Å². The number of ether oxygens (including phenoxy) is 1. The Kier molecular flexibility index (Phi) is 4.53. The Labute approximate surface area is 175 Å². The molecule has 0 aromatic heterocycles. The normalized spacial score (nSPS) is 41.0. The van der Waals surface area contributed by atoms with Gasteiger partial charge in [-0.15, -0.1) is 0 Å². The molecule has 0 spiro atoms. The van der Waals surface area contributed by atoms with Crippen molar-refractivity contribution < 1.29 is 9.53 Å². The fraction of sp³-hybridized carbons (Fsp3) is 0.593. The quantitative estimate of drug-likeness (QED) is 0.413. The molecule has 3 saturated carbocycles. The Bertz CT molecular complexity index is 853. The predicted octanol–water partition coefficient (Wildman–Crippen LogP) is 6.73. The van der Waals surface area contributed by atoms with Gasteiger partial charge in [0, 0.05) is 0 Å². The Hall–Kier alpha value is -1.83. The molecule has 29 heavy (non-hydrogen) atoms. The zero-order valence-corrected chi connectivity index (χ0v) is 18.0. The molecule has 1 unspecified atom stereocenters. The van der Waals surface area contributed by atoms with Gasteiger partial charge in [0.05, 0.1) is 5.56 Å². The summed E-state index contributed by atoms with van der Waals surface area (Å²) in [6.45, 7) is 9.46. The Morgan fingerprint density at radius 2 is 1.69 bits per heavy atom. The molecule has 0 heterocycles. The van der Waals surface area contributed by atoms with E-state index in [1.54, 1.807) is 5.57 Å². The summed E-state index contributed by atoms with van der Waals surface area (Å²) in [5.74, 6) is 2.28. The van der Waals surface area contributed by atoms with E-state index in [1.807, 2.05) is 30.3 Å². The first-order valence-corrected chi connectivity index (χ1v) is 11.6. The van der Waals surface area contributed by atoms with Gasteiger partial charge in [-0.25, -0.2) is 4.79 Å². The highest BCUT2D eigenvalue weighted by molar-refractivity contribution is 5.89. The van der Waals surface area contributed by atoms with Crippen LogP contribution >= 0.6 is 0 Å². The van der Waals surface area contributed by atoms with Gasteiger partial charge in [0.2, 0.25) is 0 Å². The van der Waals surface area contributed by atoms with Gasteiger partial charge in [0.1, 0.15) is 6.10 Å². The van der Waals surface area contributed by atoms with Crippen LogP contribution in [0, 0.1) is 28.6 Å². The minimum Gasteiger partial charge on any atom is -0.455 e.